The first-order chi connectivity index (χ1) is 7.45. The quantitative estimate of drug-likeness (QED) is 0.632. The Bertz CT molecular complexity index is 412. The molecule has 0 aliphatic rings. The third-order valence-corrected chi connectivity index (χ3v) is 3.89. The Balaban J connectivity index is 2.99. The van der Waals surface area contributed by atoms with Crippen molar-refractivity contribution in [1.82, 2.24) is 5.32 Å². The largest absolute Gasteiger partial charge is 0.394 e. The molecule has 0 bridgehead atoms. The summed E-state index contributed by atoms with van der Waals surface area (Å²) in [6.45, 7) is 1.59. The average Bonchev–Trinajstić information content (AvgIpc) is 2.22. The first-order valence-electron chi connectivity index (χ1n) is 4.52. The molecule has 0 aromatic heterocycles. The highest BCUT2D eigenvalue weighted by molar-refractivity contribution is 14.1. The maximum absolute atomic E-state index is 11.8. The molecule has 1 rings (SSSR count). The van der Waals surface area contributed by atoms with Gasteiger partial charge in [0.05, 0.1) is 17.2 Å². The lowest BCUT2D eigenvalue weighted by atomic mass is 10.2. The van der Waals surface area contributed by atoms with Crippen LogP contribution >= 0.6 is 45.8 Å². The fourth-order valence-corrected chi connectivity index (χ4v) is 2.12. The van der Waals surface area contributed by atoms with Gasteiger partial charge in [-0.3, -0.25) is 4.79 Å². The zero-order valence-electron chi connectivity index (χ0n) is 8.43. The molecule has 0 spiro atoms. The van der Waals surface area contributed by atoms with Gasteiger partial charge in [-0.2, -0.15) is 0 Å². The molecule has 6 heteroatoms. The number of aliphatic hydroxyl groups excluding tert-OH is 1. The summed E-state index contributed by atoms with van der Waals surface area (Å²) >= 11 is 13.7. The van der Waals surface area contributed by atoms with Crippen molar-refractivity contribution >= 4 is 51.7 Å². The summed E-state index contributed by atoms with van der Waals surface area (Å²) in [7, 11) is 0. The molecular weight excluding hydrogens is 364 g/mol. The number of hydrogen-bond acceptors (Lipinski definition) is 2. The highest BCUT2D eigenvalue weighted by atomic mass is 127. The molecule has 0 saturated heterocycles. The van der Waals surface area contributed by atoms with E-state index in [2.05, 4.69) is 5.32 Å². The Labute approximate surface area is 117 Å². The van der Waals surface area contributed by atoms with Crippen LogP contribution in [-0.2, 0) is 0 Å². The molecule has 1 aromatic rings. The van der Waals surface area contributed by atoms with Gasteiger partial charge < -0.3 is 10.4 Å². The Hall–Kier alpha value is -0.0400. The molecular formula is C10H10Cl2INO2. The van der Waals surface area contributed by atoms with Crippen molar-refractivity contribution < 1.29 is 9.90 Å². The molecule has 0 saturated carbocycles. The average molecular weight is 374 g/mol. The number of carbonyl (C=O) groups is 1. The number of benzene rings is 1. The molecule has 0 heterocycles. The van der Waals surface area contributed by atoms with Gasteiger partial charge in [0.15, 0.2) is 0 Å². The van der Waals surface area contributed by atoms with Crippen LogP contribution in [-0.4, -0.2) is 23.7 Å². The summed E-state index contributed by atoms with van der Waals surface area (Å²) in [5.41, 5.74) is 0.415. The van der Waals surface area contributed by atoms with Gasteiger partial charge in [0.25, 0.3) is 5.91 Å². The second-order valence-electron chi connectivity index (χ2n) is 3.31. The minimum absolute atomic E-state index is 0.114. The van der Waals surface area contributed by atoms with Gasteiger partial charge >= 0.3 is 0 Å². The van der Waals surface area contributed by atoms with Crippen LogP contribution in [0.3, 0.4) is 0 Å². The van der Waals surface area contributed by atoms with Crippen LogP contribution in [0.2, 0.25) is 10.0 Å². The van der Waals surface area contributed by atoms with Crippen LogP contribution in [0.1, 0.15) is 17.3 Å². The standard InChI is InChI=1S/C10H10Cl2INO2/c1-5(4-15)14-10(16)7-2-6(11)3-8(12)9(7)13/h2-3,5,15H,4H2,1H3,(H,14,16)/t5-/m1/s1. The van der Waals surface area contributed by atoms with Crippen molar-refractivity contribution in [2.24, 2.45) is 0 Å². The van der Waals surface area contributed by atoms with Gasteiger partial charge in [0.1, 0.15) is 0 Å². The Morgan fingerprint density at radius 1 is 1.56 bits per heavy atom. The molecule has 3 nitrogen and oxygen atoms in total. The van der Waals surface area contributed by atoms with Gasteiger partial charge in [-0.1, -0.05) is 23.2 Å². The second kappa shape index (κ2) is 6.05. The lowest BCUT2D eigenvalue weighted by Crippen LogP contribution is -2.35. The minimum atomic E-state index is -0.305. The summed E-state index contributed by atoms with van der Waals surface area (Å²) in [5.74, 6) is -0.296. The number of aliphatic hydroxyl groups is 1. The number of amides is 1. The maximum atomic E-state index is 11.8. The Kier molecular flexibility index (Phi) is 5.30. The number of nitrogens with one attached hydrogen (secondary N) is 1. The van der Waals surface area contributed by atoms with E-state index >= 15 is 0 Å². The second-order valence-corrected chi connectivity index (χ2v) is 5.23. The van der Waals surface area contributed by atoms with Gasteiger partial charge in [-0.15, -0.1) is 0 Å². The molecule has 16 heavy (non-hydrogen) atoms. The van der Waals surface area contributed by atoms with Crippen LogP contribution in [0.5, 0.6) is 0 Å². The predicted molar refractivity (Wildman–Crippen MR) is 73.2 cm³/mol. The molecule has 2 N–H and O–H groups in total. The van der Waals surface area contributed by atoms with E-state index in [1.165, 1.54) is 0 Å². The van der Waals surface area contributed by atoms with E-state index in [0.29, 0.717) is 19.2 Å². The topological polar surface area (TPSA) is 49.3 Å². The molecule has 1 amide bonds. The minimum Gasteiger partial charge on any atom is -0.394 e. The zero-order chi connectivity index (χ0) is 12.3. The number of halogens is 3. The van der Waals surface area contributed by atoms with Crippen molar-refractivity contribution in [2.45, 2.75) is 13.0 Å². The van der Waals surface area contributed by atoms with E-state index in [4.69, 9.17) is 28.3 Å². The third-order valence-electron chi connectivity index (χ3n) is 1.89. The highest BCUT2D eigenvalue weighted by Gasteiger charge is 2.15. The number of carbonyl (C=O) groups excluding carboxylic acids is 1. The van der Waals surface area contributed by atoms with Crippen LogP contribution in [0.15, 0.2) is 12.1 Å². The van der Waals surface area contributed by atoms with E-state index in [1.54, 1.807) is 19.1 Å². The highest BCUT2D eigenvalue weighted by Crippen LogP contribution is 2.26. The summed E-state index contributed by atoms with van der Waals surface area (Å²) in [6, 6.07) is 2.83. The Morgan fingerprint density at radius 3 is 2.75 bits per heavy atom. The first kappa shape index (κ1) is 14.0. The van der Waals surface area contributed by atoms with E-state index in [9.17, 15) is 4.79 Å². The molecule has 88 valence electrons. The fourth-order valence-electron chi connectivity index (χ4n) is 1.07. The Morgan fingerprint density at radius 2 is 2.19 bits per heavy atom. The van der Waals surface area contributed by atoms with Crippen molar-refractivity contribution in [3.63, 3.8) is 0 Å². The molecule has 0 unspecified atom stereocenters. The lowest BCUT2D eigenvalue weighted by molar-refractivity contribution is 0.0921. The third kappa shape index (κ3) is 3.48. The van der Waals surface area contributed by atoms with Crippen LogP contribution in [0, 0.1) is 3.57 Å². The lowest BCUT2D eigenvalue weighted by Gasteiger charge is -2.12. The van der Waals surface area contributed by atoms with Crippen molar-refractivity contribution in [1.29, 1.82) is 0 Å². The molecule has 0 radical (unpaired) electrons. The SMILES string of the molecule is C[C@H](CO)NC(=O)c1cc(Cl)cc(Cl)c1I. The van der Waals surface area contributed by atoms with E-state index in [0.717, 1.165) is 0 Å². The number of hydrogen-bond donors (Lipinski definition) is 2. The van der Waals surface area contributed by atoms with Gasteiger partial charge in [0.2, 0.25) is 0 Å². The molecule has 0 aliphatic heterocycles. The van der Waals surface area contributed by atoms with E-state index < -0.39 is 0 Å². The molecule has 0 fully saturated rings. The summed E-state index contributed by atoms with van der Waals surface area (Å²) in [4.78, 5) is 11.8. The summed E-state index contributed by atoms with van der Waals surface area (Å²) in [5, 5.41) is 12.3. The van der Waals surface area contributed by atoms with Crippen LogP contribution < -0.4 is 5.32 Å². The maximum Gasteiger partial charge on any atom is 0.252 e. The van der Waals surface area contributed by atoms with Gasteiger partial charge in [0, 0.05) is 14.6 Å². The normalized spacial score (nSPS) is 12.3. The van der Waals surface area contributed by atoms with Crippen molar-refractivity contribution in [2.75, 3.05) is 6.61 Å². The van der Waals surface area contributed by atoms with E-state index in [1.807, 2.05) is 22.6 Å². The summed E-state index contributed by atoms with van der Waals surface area (Å²) < 4.78 is 0.645. The van der Waals surface area contributed by atoms with E-state index in [-0.39, 0.29) is 18.6 Å². The van der Waals surface area contributed by atoms with Gasteiger partial charge in [-0.25, -0.2) is 0 Å². The van der Waals surface area contributed by atoms with Crippen molar-refractivity contribution in [3.8, 4) is 0 Å². The van der Waals surface area contributed by atoms with Crippen LogP contribution in [0.25, 0.3) is 0 Å². The smallest absolute Gasteiger partial charge is 0.252 e. The zero-order valence-corrected chi connectivity index (χ0v) is 12.1. The summed E-state index contributed by atoms with van der Waals surface area (Å²) in [6.07, 6.45) is 0. The van der Waals surface area contributed by atoms with Crippen LogP contribution in [0.4, 0.5) is 0 Å². The van der Waals surface area contributed by atoms with Gasteiger partial charge in [-0.05, 0) is 41.6 Å². The number of rotatable bonds is 3. The predicted octanol–water partition coefficient (Wildman–Crippen LogP) is 2.71. The fraction of sp³-hybridized carbons (Fsp3) is 0.300. The molecule has 1 aromatic carbocycles. The van der Waals surface area contributed by atoms with Crippen molar-refractivity contribution in [3.05, 3.63) is 31.3 Å². The first-order valence-corrected chi connectivity index (χ1v) is 6.35. The molecule has 1 atom stereocenters. The molecule has 0 aliphatic carbocycles. The monoisotopic (exact) mass is 373 g/mol.